The molecule has 0 spiro atoms. The molecule has 8 heteroatoms. The van der Waals surface area contributed by atoms with Gasteiger partial charge >= 0.3 is 0 Å². The van der Waals surface area contributed by atoms with Crippen LogP contribution in [0.4, 0.5) is 20.4 Å². The normalized spacial score (nSPS) is 10.4. The summed E-state index contributed by atoms with van der Waals surface area (Å²) in [6, 6.07) is 6.80. The van der Waals surface area contributed by atoms with Gasteiger partial charge in [0.2, 0.25) is 5.95 Å². The molecule has 2 heterocycles. The average molecular weight is 330 g/mol. The molecule has 6 nitrogen and oxygen atoms in total. The summed E-state index contributed by atoms with van der Waals surface area (Å²) in [6.07, 6.45) is 4.17. The van der Waals surface area contributed by atoms with E-state index in [1.165, 1.54) is 24.7 Å². The topological polar surface area (TPSA) is 80.0 Å². The van der Waals surface area contributed by atoms with E-state index in [1.807, 2.05) is 0 Å². The average Bonchev–Trinajstić information content (AvgIpc) is 3.10. The standard InChI is InChI=1S/C16H12F2N4O2/c17-13-4-3-11(6-14(13)18)22-16-20-7-10(8-21-16)15(23)19-9-12-2-1-5-24-12/h1-8H,9H2,(H,19,23)(H,20,21,22). The molecule has 1 amide bonds. The number of nitrogens with one attached hydrogen (secondary N) is 2. The van der Waals surface area contributed by atoms with E-state index in [0.29, 0.717) is 11.4 Å². The molecule has 2 N–H and O–H groups in total. The predicted octanol–water partition coefficient (Wildman–Crippen LogP) is 3.02. The third-order valence-electron chi connectivity index (χ3n) is 3.09. The van der Waals surface area contributed by atoms with E-state index in [2.05, 4.69) is 20.6 Å². The van der Waals surface area contributed by atoms with Crippen molar-refractivity contribution in [3.8, 4) is 0 Å². The molecule has 3 rings (SSSR count). The number of hydrogen-bond donors (Lipinski definition) is 2. The molecule has 0 aliphatic rings. The monoisotopic (exact) mass is 330 g/mol. The fourth-order valence-electron chi connectivity index (χ4n) is 1.90. The Morgan fingerprint density at radius 2 is 1.92 bits per heavy atom. The number of aromatic nitrogens is 2. The number of benzene rings is 1. The highest BCUT2D eigenvalue weighted by molar-refractivity contribution is 5.93. The zero-order chi connectivity index (χ0) is 16.9. The summed E-state index contributed by atoms with van der Waals surface area (Å²) in [4.78, 5) is 19.9. The van der Waals surface area contributed by atoms with Crippen LogP contribution in [0.15, 0.2) is 53.4 Å². The van der Waals surface area contributed by atoms with Crippen molar-refractivity contribution in [2.45, 2.75) is 6.54 Å². The molecule has 1 aromatic carbocycles. The van der Waals surface area contributed by atoms with Crippen molar-refractivity contribution in [1.29, 1.82) is 0 Å². The fraction of sp³-hybridized carbons (Fsp3) is 0.0625. The van der Waals surface area contributed by atoms with Crippen LogP contribution < -0.4 is 10.6 Å². The maximum atomic E-state index is 13.1. The Hall–Kier alpha value is -3.29. The lowest BCUT2D eigenvalue weighted by molar-refractivity contribution is 0.0947. The summed E-state index contributed by atoms with van der Waals surface area (Å²) in [7, 11) is 0. The minimum Gasteiger partial charge on any atom is -0.467 e. The lowest BCUT2D eigenvalue weighted by Gasteiger charge is -2.06. The molecule has 0 aliphatic carbocycles. The van der Waals surface area contributed by atoms with Crippen LogP contribution in [0.1, 0.15) is 16.1 Å². The second kappa shape index (κ2) is 6.86. The van der Waals surface area contributed by atoms with Crippen molar-refractivity contribution in [3.05, 3.63) is 71.9 Å². The van der Waals surface area contributed by atoms with Gasteiger partial charge in [0.1, 0.15) is 5.76 Å². The van der Waals surface area contributed by atoms with Crippen LogP contribution in [0, 0.1) is 11.6 Å². The lowest BCUT2D eigenvalue weighted by Crippen LogP contribution is -2.22. The summed E-state index contributed by atoms with van der Waals surface area (Å²) in [5, 5.41) is 5.38. The highest BCUT2D eigenvalue weighted by Crippen LogP contribution is 2.16. The van der Waals surface area contributed by atoms with E-state index in [4.69, 9.17) is 4.42 Å². The summed E-state index contributed by atoms with van der Waals surface area (Å²) < 4.78 is 31.1. The highest BCUT2D eigenvalue weighted by atomic mass is 19.2. The first-order valence-corrected chi connectivity index (χ1v) is 6.96. The van der Waals surface area contributed by atoms with Crippen molar-refractivity contribution >= 4 is 17.5 Å². The molecule has 2 aromatic heterocycles. The first-order valence-electron chi connectivity index (χ1n) is 6.96. The van der Waals surface area contributed by atoms with Gasteiger partial charge in [-0.1, -0.05) is 0 Å². The molecule has 0 radical (unpaired) electrons. The smallest absolute Gasteiger partial charge is 0.254 e. The summed E-state index contributed by atoms with van der Waals surface area (Å²) >= 11 is 0. The van der Waals surface area contributed by atoms with Crippen LogP contribution in [0.3, 0.4) is 0 Å². The summed E-state index contributed by atoms with van der Waals surface area (Å²) in [5.41, 5.74) is 0.557. The van der Waals surface area contributed by atoms with Gasteiger partial charge in [-0.15, -0.1) is 0 Å². The molecular formula is C16H12F2N4O2. The van der Waals surface area contributed by atoms with Gasteiger partial charge in [-0.2, -0.15) is 0 Å². The van der Waals surface area contributed by atoms with Gasteiger partial charge in [-0.05, 0) is 24.3 Å². The SMILES string of the molecule is O=C(NCc1ccco1)c1cnc(Nc2ccc(F)c(F)c2)nc1. The van der Waals surface area contributed by atoms with E-state index in [1.54, 1.807) is 12.1 Å². The molecule has 0 unspecified atom stereocenters. The van der Waals surface area contributed by atoms with Crippen LogP contribution >= 0.6 is 0 Å². The number of carbonyl (C=O) groups is 1. The van der Waals surface area contributed by atoms with Crippen molar-refractivity contribution in [2.24, 2.45) is 0 Å². The zero-order valence-electron chi connectivity index (χ0n) is 12.3. The Balaban J connectivity index is 1.62. The number of nitrogens with zero attached hydrogens (tertiary/aromatic N) is 2. The van der Waals surface area contributed by atoms with Gasteiger partial charge in [0.25, 0.3) is 5.91 Å². The summed E-state index contributed by atoms with van der Waals surface area (Å²) in [6.45, 7) is 0.251. The van der Waals surface area contributed by atoms with Crippen LogP contribution in [-0.4, -0.2) is 15.9 Å². The maximum Gasteiger partial charge on any atom is 0.254 e. The number of furan rings is 1. The third-order valence-corrected chi connectivity index (χ3v) is 3.09. The number of halogens is 2. The van der Waals surface area contributed by atoms with Crippen molar-refractivity contribution in [3.63, 3.8) is 0 Å². The molecule has 0 fully saturated rings. The Bertz CT molecular complexity index is 836. The summed E-state index contributed by atoms with van der Waals surface area (Å²) in [5.74, 6) is -1.49. The van der Waals surface area contributed by atoms with Crippen molar-refractivity contribution in [2.75, 3.05) is 5.32 Å². The van der Waals surface area contributed by atoms with Crippen LogP contribution in [0.5, 0.6) is 0 Å². The Morgan fingerprint density at radius 1 is 1.12 bits per heavy atom. The van der Waals surface area contributed by atoms with Gasteiger partial charge in [-0.25, -0.2) is 18.7 Å². The second-order valence-corrected chi connectivity index (χ2v) is 4.81. The molecular weight excluding hydrogens is 318 g/mol. The van der Waals surface area contributed by atoms with Gasteiger partial charge in [0.15, 0.2) is 11.6 Å². The first kappa shape index (κ1) is 15.6. The van der Waals surface area contributed by atoms with Crippen molar-refractivity contribution < 1.29 is 18.0 Å². The molecule has 0 saturated heterocycles. The largest absolute Gasteiger partial charge is 0.467 e. The molecule has 122 valence electrons. The third kappa shape index (κ3) is 3.72. The van der Waals surface area contributed by atoms with E-state index >= 15 is 0 Å². The predicted molar refractivity (Wildman–Crippen MR) is 81.6 cm³/mol. The van der Waals surface area contributed by atoms with E-state index in [0.717, 1.165) is 12.1 Å². The van der Waals surface area contributed by atoms with E-state index in [-0.39, 0.29) is 24.0 Å². The second-order valence-electron chi connectivity index (χ2n) is 4.81. The number of anilines is 2. The maximum absolute atomic E-state index is 13.1. The molecule has 0 aliphatic heterocycles. The molecule has 0 atom stereocenters. The fourth-order valence-corrected chi connectivity index (χ4v) is 1.90. The van der Waals surface area contributed by atoms with E-state index < -0.39 is 11.6 Å². The van der Waals surface area contributed by atoms with Crippen LogP contribution in [0.25, 0.3) is 0 Å². The molecule has 24 heavy (non-hydrogen) atoms. The molecule has 3 aromatic rings. The Kier molecular flexibility index (Phi) is 4.46. The number of rotatable bonds is 5. The minimum atomic E-state index is -0.978. The van der Waals surface area contributed by atoms with Crippen molar-refractivity contribution in [1.82, 2.24) is 15.3 Å². The van der Waals surface area contributed by atoms with Crippen LogP contribution in [0.2, 0.25) is 0 Å². The van der Waals surface area contributed by atoms with Gasteiger partial charge in [-0.3, -0.25) is 4.79 Å². The molecule has 0 bridgehead atoms. The minimum absolute atomic E-state index is 0.156. The lowest BCUT2D eigenvalue weighted by atomic mass is 10.3. The number of carbonyl (C=O) groups excluding carboxylic acids is 1. The first-order chi connectivity index (χ1) is 11.6. The van der Waals surface area contributed by atoms with E-state index in [9.17, 15) is 13.6 Å². The number of amides is 1. The highest BCUT2D eigenvalue weighted by Gasteiger charge is 2.09. The van der Waals surface area contributed by atoms with Gasteiger partial charge in [0, 0.05) is 24.1 Å². The Labute approximate surface area is 135 Å². The molecule has 0 saturated carbocycles. The zero-order valence-corrected chi connectivity index (χ0v) is 12.3. The van der Waals surface area contributed by atoms with Gasteiger partial charge in [0.05, 0.1) is 18.4 Å². The Morgan fingerprint density at radius 3 is 2.58 bits per heavy atom. The quantitative estimate of drug-likeness (QED) is 0.752. The van der Waals surface area contributed by atoms with Gasteiger partial charge < -0.3 is 15.1 Å². The number of hydrogen-bond acceptors (Lipinski definition) is 5. The van der Waals surface area contributed by atoms with Crippen LogP contribution in [-0.2, 0) is 6.54 Å².